The molecule has 0 aliphatic carbocycles. The standard InChI is InChI=1S/C13H9BrN4O2/c1-20-13(19)11-6-16-7-12(18-11)17-10-4-9(14)3-2-8(10)5-15/h2-4,6-7H,1H3,(H,17,18). The molecule has 0 saturated heterocycles. The highest BCUT2D eigenvalue weighted by Gasteiger charge is 2.10. The first-order valence-electron chi connectivity index (χ1n) is 5.51. The van der Waals surface area contributed by atoms with Crippen molar-refractivity contribution in [2.24, 2.45) is 0 Å². The average molecular weight is 333 g/mol. The number of carbonyl (C=O) groups is 1. The summed E-state index contributed by atoms with van der Waals surface area (Å²) in [6.45, 7) is 0. The minimum absolute atomic E-state index is 0.0889. The molecule has 0 radical (unpaired) electrons. The predicted molar refractivity (Wildman–Crippen MR) is 75.5 cm³/mol. The molecule has 1 aromatic carbocycles. The molecule has 1 aromatic heterocycles. The number of ether oxygens (including phenoxy) is 1. The highest BCUT2D eigenvalue weighted by atomic mass is 79.9. The highest BCUT2D eigenvalue weighted by molar-refractivity contribution is 9.10. The Hall–Kier alpha value is -2.46. The van der Waals surface area contributed by atoms with Crippen molar-refractivity contribution in [2.75, 3.05) is 12.4 Å². The van der Waals surface area contributed by atoms with E-state index in [1.165, 1.54) is 19.5 Å². The number of nitrogens with one attached hydrogen (secondary N) is 1. The molecule has 0 aliphatic rings. The Balaban J connectivity index is 2.33. The molecule has 6 nitrogen and oxygen atoms in total. The summed E-state index contributed by atoms with van der Waals surface area (Å²) in [5.74, 6) is -0.224. The summed E-state index contributed by atoms with van der Waals surface area (Å²) in [5.41, 5.74) is 1.11. The Morgan fingerprint density at radius 3 is 2.95 bits per heavy atom. The molecular weight excluding hydrogens is 324 g/mol. The number of anilines is 2. The third-order valence-corrected chi connectivity index (χ3v) is 2.89. The van der Waals surface area contributed by atoms with Gasteiger partial charge >= 0.3 is 5.97 Å². The van der Waals surface area contributed by atoms with E-state index in [2.05, 4.69) is 42.0 Å². The molecule has 2 rings (SSSR count). The molecule has 2 aromatic rings. The lowest BCUT2D eigenvalue weighted by molar-refractivity contribution is 0.0593. The molecule has 0 unspecified atom stereocenters. The van der Waals surface area contributed by atoms with Crippen LogP contribution in [-0.2, 0) is 4.74 Å². The summed E-state index contributed by atoms with van der Waals surface area (Å²) in [4.78, 5) is 19.4. The van der Waals surface area contributed by atoms with Crippen LogP contribution in [0.5, 0.6) is 0 Å². The van der Waals surface area contributed by atoms with Gasteiger partial charge in [0.25, 0.3) is 0 Å². The zero-order chi connectivity index (χ0) is 14.5. The number of nitriles is 1. The van der Waals surface area contributed by atoms with Gasteiger partial charge in [-0.15, -0.1) is 0 Å². The van der Waals surface area contributed by atoms with Crippen LogP contribution in [0.2, 0.25) is 0 Å². The Morgan fingerprint density at radius 1 is 1.45 bits per heavy atom. The van der Waals surface area contributed by atoms with Crippen LogP contribution in [0.3, 0.4) is 0 Å². The Bertz CT molecular complexity index is 697. The van der Waals surface area contributed by atoms with E-state index in [9.17, 15) is 4.79 Å². The number of methoxy groups -OCH3 is 1. The molecule has 0 fully saturated rings. The van der Waals surface area contributed by atoms with Crippen molar-refractivity contribution in [3.8, 4) is 6.07 Å². The van der Waals surface area contributed by atoms with Gasteiger partial charge in [0, 0.05) is 4.47 Å². The van der Waals surface area contributed by atoms with Gasteiger partial charge in [0.1, 0.15) is 11.9 Å². The van der Waals surface area contributed by atoms with Gasteiger partial charge < -0.3 is 10.1 Å². The van der Waals surface area contributed by atoms with E-state index >= 15 is 0 Å². The van der Waals surface area contributed by atoms with Crippen molar-refractivity contribution in [3.63, 3.8) is 0 Å². The smallest absolute Gasteiger partial charge is 0.358 e. The van der Waals surface area contributed by atoms with Gasteiger partial charge in [-0.3, -0.25) is 4.98 Å². The first kappa shape index (κ1) is 14.0. The lowest BCUT2D eigenvalue weighted by Crippen LogP contribution is -2.07. The van der Waals surface area contributed by atoms with E-state index in [1.807, 2.05) is 0 Å². The second-order valence-corrected chi connectivity index (χ2v) is 4.62. The van der Waals surface area contributed by atoms with Gasteiger partial charge in [0.05, 0.1) is 30.8 Å². The first-order chi connectivity index (χ1) is 9.63. The minimum atomic E-state index is -0.573. The van der Waals surface area contributed by atoms with E-state index < -0.39 is 5.97 Å². The highest BCUT2D eigenvalue weighted by Crippen LogP contribution is 2.23. The van der Waals surface area contributed by atoms with Crippen molar-refractivity contribution >= 4 is 33.4 Å². The summed E-state index contributed by atoms with van der Waals surface area (Å²) in [6, 6.07) is 7.24. The SMILES string of the molecule is COC(=O)c1cncc(Nc2cc(Br)ccc2C#N)n1. The van der Waals surface area contributed by atoms with E-state index in [0.29, 0.717) is 17.1 Å². The molecule has 1 heterocycles. The number of hydrogen-bond donors (Lipinski definition) is 1. The Kier molecular flexibility index (Phi) is 4.27. The number of nitrogens with zero attached hydrogens (tertiary/aromatic N) is 3. The minimum Gasteiger partial charge on any atom is -0.464 e. The predicted octanol–water partition coefficient (Wildman–Crippen LogP) is 2.64. The number of hydrogen-bond acceptors (Lipinski definition) is 6. The monoisotopic (exact) mass is 332 g/mol. The number of rotatable bonds is 3. The van der Waals surface area contributed by atoms with E-state index in [1.54, 1.807) is 18.2 Å². The maximum atomic E-state index is 11.4. The molecule has 0 amide bonds. The summed E-state index contributed by atoms with van der Waals surface area (Å²) in [7, 11) is 1.27. The fraction of sp³-hybridized carbons (Fsp3) is 0.0769. The van der Waals surface area contributed by atoms with Crippen LogP contribution in [-0.4, -0.2) is 23.0 Å². The number of esters is 1. The maximum Gasteiger partial charge on any atom is 0.358 e. The molecule has 0 atom stereocenters. The quantitative estimate of drug-likeness (QED) is 0.869. The van der Waals surface area contributed by atoms with Crippen LogP contribution < -0.4 is 5.32 Å². The summed E-state index contributed by atoms with van der Waals surface area (Å²) in [5, 5.41) is 12.0. The van der Waals surface area contributed by atoms with Crippen LogP contribution in [0.1, 0.15) is 16.1 Å². The largest absolute Gasteiger partial charge is 0.464 e. The fourth-order valence-electron chi connectivity index (χ4n) is 1.48. The zero-order valence-electron chi connectivity index (χ0n) is 10.4. The lowest BCUT2D eigenvalue weighted by atomic mass is 10.2. The number of halogens is 1. The number of aromatic nitrogens is 2. The normalized spacial score (nSPS) is 9.65. The molecule has 7 heteroatoms. The third-order valence-electron chi connectivity index (χ3n) is 2.39. The van der Waals surface area contributed by atoms with Crippen LogP contribution in [0, 0.1) is 11.3 Å². The summed E-state index contributed by atoms with van der Waals surface area (Å²) < 4.78 is 5.39. The molecule has 1 N–H and O–H groups in total. The second kappa shape index (κ2) is 6.12. The van der Waals surface area contributed by atoms with Crippen LogP contribution >= 0.6 is 15.9 Å². The topological polar surface area (TPSA) is 87.9 Å². The molecule has 0 spiro atoms. The molecule has 0 bridgehead atoms. The Labute approximate surface area is 123 Å². The van der Waals surface area contributed by atoms with Crippen LogP contribution in [0.15, 0.2) is 35.1 Å². The van der Waals surface area contributed by atoms with E-state index in [0.717, 1.165) is 4.47 Å². The molecule has 20 heavy (non-hydrogen) atoms. The van der Waals surface area contributed by atoms with Gasteiger partial charge in [-0.2, -0.15) is 5.26 Å². The molecule has 0 saturated carbocycles. The number of benzene rings is 1. The second-order valence-electron chi connectivity index (χ2n) is 3.71. The molecule has 100 valence electrons. The lowest BCUT2D eigenvalue weighted by Gasteiger charge is -2.08. The van der Waals surface area contributed by atoms with Crippen molar-refractivity contribution < 1.29 is 9.53 Å². The van der Waals surface area contributed by atoms with E-state index in [4.69, 9.17) is 5.26 Å². The van der Waals surface area contributed by atoms with Gasteiger partial charge in [0.2, 0.25) is 0 Å². The van der Waals surface area contributed by atoms with Crippen molar-refractivity contribution in [3.05, 3.63) is 46.3 Å². The fourth-order valence-corrected chi connectivity index (χ4v) is 1.85. The number of carbonyl (C=O) groups excluding carboxylic acids is 1. The van der Waals surface area contributed by atoms with Crippen molar-refractivity contribution in [2.45, 2.75) is 0 Å². The zero-order valence-corrected chi connectivity index (χ0v) is 12.0. The van der Waals surface area contributed by atoms with Crippen LogP contribution in [0.4, 0.5) is 11.5 Å². The molecular formula is C13H9BrN4O2. The first-order valence-corrected chi connectivity index (χ1v) is 6.30. The Morgan fingerprint density at radius 2 is 2.25 bits per heavy atom. The summed E-state index contributed by atoms with van der Waals surface area (Å²) in [6.07, 6.45) is 2.76. The third kappa shape index (κ3) is 3.10. The average Bonchev–Trinajstić information content (AvgIpc) is 2.47. The van der Waals surface area contributed by atoms with Gasteiger partial charge in [-0.05, 0) is 18.2 Å². The van der Waals surface area contributed by atoms with Crippen LogP contribution in [0.25, 0.3) is 0 Å². The summed E-state index contributed by atoms with van der Waals surface area (Å²) >= 11 is 3.33. The molecule has 0 aliphatic heterocycles. The van der Waals surface area contributed by atoms with Gasteiger partial charge in [-0.1, -0.05) is 15.9 Å². The van der Waals surface area contributed by atoms with Gasteiger partial charge in [-0.25, -0.2) is 9.78 Å². The van der Waals surface area contributed by atoms with E-state index in [-0.39, 0.29) is 5.69 Å². The van der Waals surface area contributed by atoms with Crippen molar-refractivity contribution in [1.82, 2.24) is 9.97 Å². The van der Waals surface area contributed by atoms with Crippen molar-refractivity contribution in [1.29, 1.82) is 5.26 Å². The van der Waals surface area contributed by atoms with Gasteiger partial charge in [0.15, 0.2) is 5.69 Å². The maximum absolute atomic E-state index is 11.4.